The number of rotatable bonds is 7. The van der Waals surface area contributed by atoms with E-state index in [0.29, 0.717) is 17.9 Å². The minimum atomic E-state index is -0.535. The second-order valence-electron chi connectivity index (χ2n) is 6.11. The van der Waals surface area contributed by atoms with Crippen molar-refractivity contribution in [3.05, 3.63) is 65.7 Å². The number of amides is 2. The Morgan fingerprint density at radius 3 is 2.29 bits per heavy atom. The van der Waals surface area contributed by atoms with Crippen LogP contribution in [0.4, 0.5) is 0 Å². The highest BCUT2D eigenvalue weighted by molar-refractivity contribution is 5.94. The predicted molar refractivity (Wildman–Crippen MR) is 90.8 cm³/mol. The standard InChI is InChI=1S/C19H20N2O3/c20-17(22)12-24-16-8-6-14(7-9-16)18(23)21-13-19(10-11-19)15-4-2-1-3-5-15/h1-9H,10-13H2,(H2,20,22)(H,21,23). The van der Waals surface area contributed by atoms with Crippen molar-refractivity contribution in [3.63, 3.8) is 0 Å². The first-order valence-electron chi connectivity index (χ1n) is 7.94. The van der Waals surface area contributed by atoms with Gasteiger partial charge in [-0.25, -0.2) is 0 Å². The summed E-state index contributed by atoms with van der Waals surface area (Å²) in [5.74, 6) is -0.139. The molecule has 0 atom stereocenters. The summed E-state index contributed by atoms with van der Waals surface area (Å²) < 4.78 is 5.18. The van der Waals surface area contributed by atoms with Crippen LogP contribution in [-0.2, 0) is 10.2 Å². The molecule has 2 amide bonds. The van der Waals surface area contributed by atoms with E-state index in [0.717, 1.165) is 12.8 Å². The quantitative estimate of drug-likeness (QED) is 0.817. The van der Waals surface area contributed by atoms with E-state index in [1.165, 1.54) is 5.56 Å². The number of hydrogen-bond acceptors (Lipinski definition) is 3. The van der Waals surface area contributed by atoms with Crippen LogP contribution in [0.1, 0.15) is 28.8 Å². The van der Waals surface area contributed by atoms with Crippen molar-refractivity contribution in [1.82, 2.24) is 5.32 Å². The molecule has 0 radical (unpaired) electrons. The van der Waals surface area contributed by atoms with Gasteiger partial charge in [-0.3, -0.25) is 9.59 Å². The number of ether oxygens (including phenoxy) is 1. The van der Waals surface area contributed by atoms with Crippen LogP contribution in [0, 0.1) is 0 Å². The van der Waals surface area contributed by atoms with Crippen LogP contribution < -0.4 is 15.8 Å². The normalized spacial score (nSPS) is 14.7. The van der Waals surface area contributed by atoms with Gasteiger partial charge in [-0.1, -0.05) is 30.3 Å². The van der Waals surface area contributed by atoms with Crippen LogP contribution in [0.3, 0.4) is 0 Å². The fourth-order valence-corrected chi connectivity index (χ4v) is 2.72. The largest absolute Gasteiger partial charge is 0.484 e. The van der Waals surface area contributed by atoms with Gasteiger partial charge in [0.15, 0.2) is 6.61 Å². The molecule has 0 heterocycles. The van der Waals surface area contributed by atoms with Crippen molar-refractivity contribution in [2.75, 3.05) is 13.2 Å². The maximum atomic E-state index is 12.3. The van der Waals surface area contributed by atoms with Gasteiger partial charge in [-0.05, 0) is 42.7 Å². The molecule has 5 nitrogen and oxygen atoms in total. The fraction of sp³-hybridized carbons (Fsp3) is 0.263. The zero-order chi connectivity index (χ0) is 17.0. The molecule has 1 aliphatic carbocycles. The van der Waals surface area contributed by atoms with E-state index in [9.17, 15) is 9.59 Å². The van der Waals surface area contributed by atoms with Gasteiger partial charge in [-0.2, -0.15) is 0 Å². The molecule has 1 fully saturated rings. The molecule has 3 N–H and O–H groups in total. The Hall–Kier alpha value is -2.82. The van der Waals surface area contributed by atoms with Crippen molar-refractivity contribution in [1.29, 1.82) is 0 Å². The van der Waals surface area contributed by atoms with E-state index < -0.39 is 5.91 Å². The molecule has 124 valence electrons. The van der Waals surface area contributed by atoms with Crippen LogP contribution >= 0.6 is 0 Å². The molecule has 0 aliphatic heterocycles. The highest BCUT2D eigenvalue weighted by Gasteiger charge is 2.44. The van der Waals surface area contributed by atoms with E-state index >= 15 is 0 Å². The Bertz CT molecular complexity index is 722. The fourth-order valence-electron chi connectivity index (χ4n) is 2.72. The number of carbonyl (C=O) groups is 2. The van der Waals surface area contributed by atoms with Crippen molar-refractivity contribution in [3.8, 4) is 5.75 Å². The molecule has 3 rings (SSSR count). The number of hydrogen-bond donors (Lipinski definition) is 2. The number of carbonyl (C=O) groups excluding carboxylic acids is 2. The third-order valence-corrected chi connectivity index (χ3v) is 4.32. The van der Waals surface area contributed by atoms with Gasteiger partial charge < -0.3 is 15.8 Å². The molecule has 0 spiro atoms. The Morgan fingerprint density at radius 2 is 1.71 bits per heavy atom. The van der Waals surface area contributed by atoms with Gasteiger partial charge in [0.1, 0.15) is 5.75 Å². The molecule has 0 saturated heterocycles. The van der Waals surface area contributed by atoms with Crippen LogP contribution in [-0.4, -0.2) is 25.0 Å². The van der Waals surface area contributed by atoms with Gasteiger partial charge >= 0.3 is 0 Å². The summed E-state index contributed by atoms with van der Waals surface area (Å²) in [7, 11) is 0. The average Bonchev–Trinajstić information content (AvgIpc) is 3.40. The summed E-state index contributed by atoms with van der Waals surface area (Å²) in [4.78, 5) is 23.0. The lowest BCUT2D eigenvalue weighted by Crippen LogP contribution is -2.32. The second-order valence-corrected chi connectivity index (χ2v) is 6.11. The molecular formula is C19H20N2O3. The van der Waals surface area contributed by atoms with Gasteiger partial charge in [0.05, 0.1) is 0 Å². The molecule has 1 aliphatic rings. The first-order valence-corrected chi connectivity index (χ1v) is 7.94. The van der Waals surface area contributed by atoms with E-state index in [1.54, 1.807) is 24.3 Å². The first-order chi connectivity index (χ1) is 11.6. The van der Waals surface area contributed by atoms with Crippen molar-refractivity contribution < 1.29 is 14.3 Å². The van der Waals surface area contributed by atoms with Crippen molar-refractivity contribution in [2.45, 2.75) is 18.3 Å². The van der Waals surface area contributed by atoms with Crippen LogP contribution in [0.25, 0.3) is 0 Å². The summed E-state index contributed by atoms with van der Waals surface area (Å²) in [5, 5.41) is 3.02. The summed E-state index contributed by atoms with van der Waals surface area (Å²) in [6.07, 6.45) is 2.19. The zero-order valence-corrected chi connectivity index (χ0v) is 13.3. The Kier molecular flexibility index (Phi) is 4.51. The smallest absolute Gasteiger partial charge is 0.255 e. The van der Waals surface area contributed by atoms with Crippen LogP contribution in [0.15, 0.2) is 54.6 Å². The number of benzene rings is 2. The van der Waals surface area contributed by atoms with E-state index in [4.69, 9.17) is 10.5 Å². The van der Waals surface area contributed by atoms with Crippen LogP contribution in [0.2, 0.25) is 0 Å². The SMILES string of the molecule is NC(=O)COc1ccc(C(=O)NCC2(c3ccccc3)CC2)cc1. The van der Waals surface area contributed by atoms with E-state index in [-0.39, 0.29) is 17.9 Å². The zero-order valence-electron chi connectivity index (χ0n) is 13.3. The maximum Gasteiger partial charge on any atom is 0.255 e. The van der Waals surface area contributed by atoms with E-state index in [2.05, 4.69) is 17.4 Å². The predicted octanol–water partition coefficient (Wildman–Crippen LogP) is 2.01. The minimum Gasteiger partial charge on any atom is -0.484 e. The minimum absolute atomic E-state index is 0.0848. The van der Waals surface area contributed by atoms with Gasteiger partial charge in [0.2, 0.25) is 0 Å². The highest BCUT2D eigenvalue weighted by Crippen LogP contribution is 2.47. The second kappa shape index (κ2) is 6.74. The average molecular weight is 324 g/mol. The van der Waals surface area contributed by atoms with Gasteiger partial charge in [-0.15, -0.1) is 0 Å². The van der Waals surface area contributed by atoms with Crippen molar-refractivity contribution in [2.24, 2.45) is 5.73 Å². The summed E-state index contributed by atoms with van der Waals surface area (Å²) in [6, 6.07) is 16.9. The molecule has 5 heteroatoms. The lowest BCUT2D eigenvalue weighted by atomic mass is 9.96. The molecule has 2 aromatic carbocycles. The molecule has 0 unspecified atom stereocenters. The topological polar surface area (TPSA) is 81.4 Å². The summed E-state index contributed by atoms with van der Waals surface area (Å²) in [5.41, 5.74) is 6.95. The van der Waals surface area contributed by atoms with E-state index in [1.807, 2.05) is 18.2 Å². The molecule has 1 saturated carbocycles. The highest BCUT2D eigenvalue weighted by atomic mass is 16.5. The summed E-state index contributed by atoms with van der Waals surface area (Å²) >= 11 is 0. The van der Waals surface area contributed by atoms with Crippen LogP contribution in [0.5, 0.6) is 5.75 Å². The first kappa shape index (κ1) is 16.1. The third kappa shape index (κ3) is 3.74. The lowest BCUT2D eigenvalue weighted by molar-refractivity contribution is -0.119. The monoisotopic (exact) mass is 324 g/mol. The molecule has 2 aromatic rings. The third-order valence-electron chi connectivity index (χ3n) is 4.32. The van der Waals surface area contributed by atoms with Gasteiger partial charge in [0, 0.05) is 17.5 Å². The molecule has 0 bridgehead atoms. The molecular weight excluding hydrogens is 304 g/mol. The molecule has 24 heavy (non-hydrogen) atoms. The number of primary amides is 1. The number of nitrogens with one attached hydrogen (secondary N) is 1. The maximum absolute atomic E-state index is 12.3. The number of nitrogens with two attached hydrogens (primary N) is 1. The van der Waals surface area contributed by atoms with Gasteiger partial charge in [0.25, 0.3) is 11.8 Å². The lowest BCUT2D eigenvalue weighted by Gasteiger charge is -2.16. The molecule has 0 aromatic heterocycles. The Labute approximate surface area is 140 Å². The Morgan fingerprint density at radius 1 is 1.04 bits per heavy atom. The Balaban J connectivity index is 1.56. The van der Waals surface area contributed by atoms with Crippen molar-refractivity contribution >= 4 is 11.8 Å². The summed E-state index contributed by atoms with van der Waals surface area (Å²) in [6.45, 7) is 0.459.